The summed E-state index contributed by atoms with van der Waals surface area (Å²) in [5, 5.41) is 6.38. The Bertz CT molecular complexity index is 1170. The highest BCUT2D eigenvalue weighted by atomic mass is 79.9. The molecule has 1 N–H and O–H groups in total. The van der Waals surface area contributed by atoms with Crippen molar-refractivity contribution in [2.24, 2.45) is 0 Å². The molecule has 7 heteroatoms. The van der Waals surface area contributed by atoms with Crippen LogP contribution in [0.5, 0.6) is 0 Å². The van der Waals surface area contributed by atoms with E-state index in [4.69, 9.17) is 4.74 Å². The molecular weight excluding hydrogens is 450 g/mol. The number of halogens is 1. The molecule has 0 aliphatic heterocycles. The number of esters is 1. The van der Waals surface area contributed by atoms with Crippen LogP contribution in [0, 0.1) is 0 Å². The minimum atomic E-state index is -0.345. The van der Waals surface area contributed by atoms with Gasteiger partial charge < -0.3 is 10.1 Å². The number of carbonyl (C=O) groups excluding carboxylic acids is 1. The van der Waals surface area contributed by atoms with E-state index in [-0.39, 0.29) is 12.1 Å². The minimum Gasteiger partial charge on any atom is -0.459 e. The third kappa shape index (κ3) is 4.31. The Labute approximate surface area is 180 Å². The molecule has 0 aliphatic rings. The van der Waals surface area contributed by atoms with Gasteiger partial charge in [-0.25, -0.2) is 14.8 Å². The largest absolute Gasteiger partial charge is 0.459 e. The summed E-state index contributed by atoms with van der Waals surface area (Å²) in [5.41, 5.74) is 3.41. The molecule has 2 aromatic carbocycles. The van der Waals surface area contributed by atoms with Crippen LogP contribution < -0.4 is 5.32 Å². The molecule has 29 heavy (non-hydrogen) atoms. The van der Waals surface area contributed by atoms with Gasteiger partial charge in [0.2, 0.25) is 0 Å². The smallest absolute Gasteiger partial charge is 0.338 e. The Morgan fingerprint density at radius 2 is 1.93 bits per heavy atom. The third-order valence-corrected chi connectivity index (χ3v) is 5.64. The van der Waals surface area contributed by atoms with Crippen LogP contribution in [0.15, 0.2) is 64.7 Å². The fourth-order valence-corrected chi connectivity index (χ4v) is 4.13. The van der Waals surface area contributed by atoms with Crippen molar-refractivity contribution in [2.45, 2.75) is 20.0 Å². The number of fused-ring (bicyclic) bond motifs is 1. The van der Waals surface area contributed by atoms with Crippen LogP contribution in [0.2, 0.25) is 0 Å². The molecule has 0 saturated heterocycles. The summed E-state index contributed by atoms with van der Waals surface area (Å²) < 4.78 is 6.32. The number of carbonyl (C=O) groups is 1. The van der Waals surface area contributed by atoms with E-state index < -0.39 is 0 Å². The van der Waals surface area contributed by atoms with E-state index in [1.165, 1.54) is 0 Å². The number of nitrogens with zero attached hydrogens (tertiary/aromatic N) is 2. The zero-order valence-electron chi connectivity index (χ0n) is 15.8. The fraction of sp³-hybridized carbons (Fsp3) is 0.136. The highest BCUT2D eigenvalue weighted by Gasteiger charge is 2.15. The Balaban J connectivity index is 1.71. The highest BCUT2D eigenvalue weighted by molar-refractivity contribution is 9.10. The molecule has 146 valence electrons. The van der Waals surface area contributed by atoms with Crippen LogP contribution in [0.4, 0.5) is 11.5 Å². The standard InChI is InChI=1S/C22H18BrN3O2S/c1-13(2)28-22(27)15-4-3-5-17(10-15)26-20-19-18(11-29-21(19)25-12-24-20)14-6-8-16(23)9-7-14/h3-13H,1-2H3,(H,24,25,26). The van der Waals surface area contributed by atoms with Crippen LogP contribution in [-0.2, 0) is 4.74 Å². The number of aromatic nitrogens is 2. The molecule has 0 bridgehead atoms. The number of nitrogens with one attached hydrogen (secondary N) is 1. The van der Waals surface area contributed by atoms with Gasteiger partial charge in [0.25, 0.3) is 0 Å². The van der Waals surface area contributed by atoms with Crippen molar-refractivity contribution < 1.29 is 9.53 Å². The summed E-state index contributed by atoms with van der Waals surface area (Å²) in [7, 11) is 0. The zero-order valence-corrected chi connectivity index (χ0v) is 18.3. The van der Waals surface area contributed by atoms with Crippen molar-refractivity contribution in [3.8, 4) is 11.1 Å². The van der Waals surface area contributed by atoms with E-state index in [9.17, 15) is 4.79 Å². The maximum Gasteiger partial charge on any atom is 0.338 e. The second-order valence-corrected chi connectivity index (χ2v) is 8.49. The molecule has 0 radical (unpaired) electrons. The lowest BCUT2D eigenvalue weighted by Gasteiger charge is -2.11. The predicted molar refractivity (Wildman–Crippen MR) is 121 cm³/mol. The number of anilines is 2. The molecule has 0 unspecified atom stereocenters. The number of hydrogen-bond acceptors (Lipinski definition) is 6. The summed E-state index contributed by atoms with van der Waals surface area (Å²) in [6.07, 6.45) is 1.38. The Morgan fingerprint density at radius 1 is 1.14 bits per heavy atom. The third-order valence-electron chi connectivity index (χ3n) is 4.23. The molecule has 4 aromatic rings. The van der Waals surface area contributed by atoms with Gasteiger partial charge in [-0.15, -0.1) is 11.3 Å². The second kappa shape index (κ2) is 8.31. The summed E-state index contributed by atoms with van der Waals surface area (Å²) in [6, 6.07) is 15.4. The summed E-state index contributed by atoms with van der Waals surface area (Å²) in [6.45, 7) is 3.66. The molecule has 0 atom stereocenters. The fourth-order valence-electron chi connectivity index (χ4n) is 2.95. The molecule has 0 spiro atoms. The Morgan fingerprint density at radius 3 is 2.69 bits per heavy atom. The van der Waals surface area contributed by atoms with Gasteiger partial charge in [0, 0.05) is 21.1 Å². The SMILES string of the molecule is CC(C)OC(=O)c1cccc(Nc2ncnc3scc(-c4ccc(Br)cc4)c23)c1. The normalized spacial score (nSPS) is 11.0. The monoisotopic (exact) mass is 467 g/mol. The van der Waals surface area contributed by atoms with Crippen molar-refractivity contribution in [1.29, 1.82) is 0 Å². The first-order valence-corrected chi connectivity index (χ1v) is 10.7. The van der Waals surface area contributed by atoms with E-state index in [0.29, 0.717) is 11.4 Å². The Hall–Kier alpha value is -2.77. The van der Waals surface area contributed by atoms with Gasteiger partial charge in [-0.3, -0.25) is 0 Å². The number of benzene rings is 2. The molecule has 0 amide bonds. The van der Waals surface area contributed by atoms with Crippen LogP contribution in [-0.4, -0.2) is 22.0 Å². The van der Waals surface area contributed by atoms with Gasteiger partial charge in [-0.1, -0.05) is 34.1 Å². The lowest BCUT2D eigenvalue weighted by atomic mass is 10.1. The van der Waals surface area contributed by atoms with Crippen LogP contribution in [0.3, 0.4) is 0 Å². The first-order chi connectivity index (χ1) is 14.0. The van der Waals surface area contributed by atoms with Crippen molar-refractivity contribution in [2.75, 3.05) is 5.32 Å². The topological polar surface area (TPSA) is 64.1 Å². The van der Waals surface area contributed by atoms with Gasteiger partial charge in [-0.05, 0) is 49.7 Å². The van der Waals surface area contributed by atoms with Crippen molar-refractivity contribution in [3.05, 3.63) is 70.3 Å². The molecule has 0 aliphatic carbocycles. The summed E-state index contributed by atoms with van der Waals surface area (Å²) >= 11 is 5.05. The highest BCUT2D eigenvalue weighted by Crippen LogP contribution is 2.37. The number of ether oxygens (including phenoxy) is 1. The van der Waals surface area contributed by atoms with Gasteiger partial charge in [0.1, 0.15) is 17.0 Å². The minimum absolute atomic E-state index is 0.167. The van der Waals surface area contributed by atoms with Gasteiger partial charge in [0.15, 0.2) is 0 Å². The zero-order chi connectivity index (χ0) is 20.4. The second-order valence-electron chi connectivity index (χ2n) is 6.72. The van der Waals surface area contributed by atoms with Crippen LogP contribution >= 0.6 is 27.3 Å². The Kier molecular flexibility index (Phi) is 5.60. The quantitative estimate of drug-likeness (QED) is 0.342. The number of thiophene rings is 1. The van der Waals surface area contributed by atoms with Crippen LogP contribution in [0.1, 0.15) is 24.2 Å². The first kappa shape index (κ1) is 19.5. The lowest BCUT2D eigenvalue weighted by molar-refractivity contribution is 0.0378. The summed E-state index contributed by atoms with van der Waals surface area (Å²) in [5.74, 6) is 0.353. The average molecular weight is 468 g/mol. The van der Waals surface area contributed by atoms with Crippen molar-refractivity contribution in [3.63, 3.8) is 0 Å². The summed E-state index contributed by atoms with van der Waals surface area (Å²) in [4.78, 5) is 22.0. The van der Waals surface area contributed by atoms with Gasteiger partial charge in [0.05, 0.1) is 17.1 Å². The van der Waals surface area contributed by atoms with Crippen molar-refractivity contribution >= 4 is 55.0 Å². The maximum absolute atomic E-state index is 12.2. The average Bonchev–Trinajstić information content (AvgIpc) is 3.13. The van der Waals surface area contributed by atoms with E-state index in [1.807, 2.05) is 38.1 Å². The van der Waals surface area contributed by atoms with Crippen molar-refractivity contribution in [1.82, 2.24) is 9.97 Å². The maximum atomic E-state index is 12.2. The molecule has 2 heterocycles. The van der Waals surface area contributed by atoms with E-state index >= 15 is 0 Å². The molecular formula is C22H18BrN3O2S. The molecule has 0 saturated carbocycles. The number of rotatable bonds is 5. The molecule has 4 rings (SSSR count). The predicted octanol–water partition coefficient (Wildman–Crippen LogP) is 6.43. The van der Waals surface area contributed by atoms with E-state index in [0.717, 1.165) is 31.5 Å². The van der Waals surface area contributed by atoms with Gasteiger partial charge in [-0.2, -0.15) is 0 Å². The molecule has 2 aromatic heterocycles. The van der Waals surface area contributed by atoms with Gasteiger partial charge >= 0.3 is 5.97 Å². The first-order valence-electron chi connectivity index (χ1n) is 9.07. The number of hydrogen-bond donors (Lipinski definition) is 1. The van der Waals surface area contributed by atoms with E-state index in [1.54, 1.807) is 29.8 Å². The van der Waals surface area contributed by atoms with Crippen LogP contribution in [0.25, 0.3) is 21.3 Å². The molecule has 0 fully saturated rings. The lowest BCUT2D eigenvalue weighted by Crippen LogP contribution is -2.11. The van der Waals surface area contributed by atoms with E-state index in [2.05, 4.69) is 48.7 Å². The molecule has 5 nitrogen and oxygen atoms in total.